The first-order valence-electron chi connectivity index (χ1n) is 17.3. The van der Waals surface area contributed by atoms with Gasteiger partial charge < -0.3 is 34.9 Å². The SMILES string of the molecule is CC(C)(CC(=O)N[C@@H]1CCc2cc(C(F)(F)F)ccc2N(Cc2ccc(-c3ccccc3NC(=O)N3CCOCC3)cc2)C1=O)NCc1ccco1. The molecule has 13 heteroatoms. The van der Waals surface area contributed by atoms with Gasteiger partial charge in [-0.15, -0.1) is 0 Å². The summed E-state index contributed by atoms with van der Waals surface area (Å²) in [6, 6.07) is 20.7. The maximum absolute atomic E-state index is 14.2. The quantitative estimate of drug-likeness (QED) is 0.167. The molecule has 3 heterocycles. The number of aryl methyl sites for hydroxylation is 1. The molecule has 52 heavy (non-hydrogen) atoms. The van der Waals surface area contributed by atoms with E-state index in [4.69, 9.17) is 9.15 Å². The van der Waals surface area contributed by atoms with Crippen LogP contribution in [0, 0.1) is 0 Å². The zero-order valence-electron chi connectivity index (χ0n) is 29.1. The minimum Gasteiger partial charge on any atom is -0.468 e. The molecule has 0 aliphatic carbocycles. The second-order valence-corrected chi connectivity index (χ2v) is 13.7. The molecule has 2 aliphatic heterocycles. The summed E-state index contributed by atoms with van der Waals surface area (Å²) in [5, 5.41) is 9.16. The van der Waals surface area contributed by atoms with Gasteiger partial charge in [-0.3, -0.25) is 9.59 Å². The number of amides is 4. The van der Waals surface area contributed by atoms with Crippen LogP contribution in [0.25, 0.3) is 11.1 Å². The number of benzene rings is 3. The summed E-state index contributed by atoms with van der Waals surface area (Å²) in [6.45, 7) is 6.19. The fraction of sp³-hybridized carbons (Fsp3) is 0.359. The fourth-order valence-electron chi connectivity index (χ4n) is 6.48. The van der Waals surface area contributed by atoms with Gasteiger partial charge in [-0.1, -0.05) is 42.5 Å². The lowest BCUT2D eigenvalue weighted by Crippen LogP contribution is -2.50. The van der Waals surface area contributed by atoms with E-state index in [9.17, 15) is 27.6 Å². The third-order valence-electron chi connectivity index (χ3n) is 9.30. The number of ether oxygens (including phenoxy) is 1. The molecule has 1 saturated heterocycles. The molecule has 0 radical (unpaired) electrons. The smallest absolute Gasteiger partial charge is 0.416 e. The van der Waals surface area contributed by atoms with Gasteiger partial charge in [0.2, 0.25) is 11.8 Å². The number of morpholine rings is 1. The number of rotatable bonds is 10. The van der Waals surface area contributed by atoms with E-state index in [1.807, 2.05) is 68.4 Å². The number of nitrogens with one attached hydrogen (secondary N) is 3. The lowest BCUT2D eigenvalue weighted by Gasteiger charge is -2.29. The Hall–Kier alpha value is -5.14. The van der Waals surface area contributed by atoms with Crippen LogP contribution in [0.3, 0.4) is 0 Å². The Morgan fingerprint density at radius 2 is 1.69 bits per heavy atom. The van der Waals surface area contributed by atoms with Crippen LogP contribution in [0.5, 0.6) is 0 Å². The van der Waals surface area contributed by atoms with Gasteiger partial charge in [-0.05, 0) is 79.8 Å². The van der Waals surface area contributed by atoms with Crippen molar-refractivity contribution in [2.45, 2.75) is 64.0 Å². The minimum absolute atomic E-state index is 0.0541. The van der Waals surface area contributed by atoms with Crippen molar-refractivity contribution in [2.75, 3.05) is 36.5 Å². The predicted octanol–water partition coefficient (Wildman–Crippen LogP) is 6.75. The van der Waals surface area contributed by atoms with Gasteiger partial charge in [0.15, 0.2) is 0 Å². The van der Waals surface area contributed by atoms with Crippen molar-refractivity contribution in [1.29, 1.82) is 0 Å². The van der Waals surface area contributed by atoms with Crippen LogP contribution >= 0.6 is 0 Å². The Balaban J connectivity index is 1.20. The lowest BCUT2D eigenvalue weighted by atomic mass is 9.99. The van der Waals surface area contributed by atoms with Crippen molar-refractivity contribution in [3.05, 3.63) is 108 Å². The summed E-state index contributed by atoms with van der Waals surface area (Å²) in [6.07, 6.45) is -2.62. The Bertz CT molecular complexity index is 1870. The Kier molecular flexibility index (Phi) is 11.0. The van der Waals surface area contributed by atoms with E-state index < -0.39 is 29.2 Å². The number of furan rings is 1. The summed E-state index contributed by atoms with van der Waals surface area (Å²) in [5.74, 6) is -0.0544. The first-order valence-corrected chi connectivity index (χ1v) is 17.3. The van der Waals surface area contributed by atoms with Crippen molar-refractivity contribution < 1.29 is 36.7 Å². The first-order chi connectivity index (χ1) is 24.9. The zero-order valence-corrected chi connectivity index (χ0v) is 29.1. The van der Waals surface area contributed by atoms with Crippen molar-refractivity contribution in [2.24, 2.45) is 0 Å². The normalized spacial score (nSPS) is 16.6. The molecule has 274 valence electrons. The number of carbonyl (C=O) groups excluding carboxylic acids is 3. The van der Waals surface area contributed by atoms with Gasteiger partial charge in [0.05, 0.1) is 43.8 Å². The van der Waals surface area contributed by atoms with E-state index in [0.717, 1.165) is 28.8 Å². The molecule has 0 bridgehead atoms. The van der Waals surface area contributed by atoms with Crippen molar-refractivity contribution in [3.63, 3.8) is 0 Å². The van der Waals surface area contributed by atoms with Crippen LogP contribution in [0.4, 0.5) is 29.3 Å². The molecule has 1 aromatic heterocycles. The third kappa shape index (κ3) is 9.01. The van der Waals surface area contributed by atoms with Gasteiger partial charge in [0.25, 0.3) is 0 Å². The number of hydrogen-bond donors (Lipinski definition) is 3. The molecular formula is C39H42F3N5O5. The maximum atomic E-state index is 14.2. The van der Waals surface area contributed by atoms with Crippen LogP contribution in [0.1, 0.15) is 49.1 Å². The molecular weight excluding hydrogens is 675 g/mol. The number of fused-ring (bicyclic) bond motifs is 1. The second kappa shape index (κ2) is 15.6. The van der Waals surface area contributed by atoms with E-state index in [1.54, 1.807) is 17.2 Å². The van der Waals surface area contributed by atoms with Gasteiger partial charge in [-0.2, -0.15) is 13.2 Å². The molecule has 1 atom stereocenters. The Morgan fingerprint density at radius 1 is 0.942 bits per heavy atom. The maximum Gasteiger partial charge on any atom is 0.416 e. The second-order valence-electron chi connectivity index (χ2n) is 13.7. The third-order valence-corrected chi connectivity index (χ3v) is 9.30. The molecule has 0 spiro atoms. The van der Waals surface area contributed by atoms with E-state index in [1.165, 1.54) is 11.0 Å². The summed E-state index contributed by atoms with van der Waals surface area (Å²) in [7, 11) is 0. The summed E-state index contributed by atoms with van der Waals surface area (Å²) < 4.78 is 51.9. The highest BCUT2D eigenvalue weighted by molar-refractivity contribution is 6.00. The standard InChI is InChI=1S/C39H42F3N5O5/c1-38(2,43-24-30-6-5-19-52-30)23-35(48)44-33-15-13-28-22-29(39(40,41)42)14-16-34(28)47(36(33)49)25-26-9-11-27(12-10-26)31-7-3-4-8-32(31)45-37(50)46-17-20-51-21-18-46/h3-12,14,16,19,22,33,43H,13,15,17-18,20-21,23-25H2,1-2H3,(H,44,48)(H,45,50)/t33-/m1/s1. The summed E-state index contributed by atoms with van der Waals surface area (Å²) in [4.78, 5) is 43.5. The molecule has 1 fully saturated rings. The minimum atomic E-state index is -4.55. The number of halogens is 3. The molecule has 6 rings (SSSR count). The van der Waals surface area contributed by atoms with Crippen molar-refractivity contribution in [3.8, 4) is 11.1 Å². The van der Waals surface area contributed by atoms with E-state index in [0.29, 0.717) is 55.5 Å². The monoisotopic (exact) mass is 717 g/mol. The summed E-state index contributed by atoms with van der Waals surface area (Å²) >= 11 is 0. The lowest BCUT2D eigenvalue weighted by molar-refractivity contribution is -0.137. The fourth-order valence-corrected chi connectivity index (χ4v) is 6.48. The number of anilines is 2. The van der Waals surface area contributed by atoms with E-state index in [2.05, 4.69) is 16.0 Å². The van der Waals surface area contributed by atoms with Gasteiger partial charge in [-0.25, -0.2) is 4.79 Å². The number of alkyl halides is 3. The van der Waals surface area contributed by atoms with E-state index in [-0.39, 0.29) is 37.7 Å². The molecule has 0 saturated carbocycles. The molecule has 0 unspecified atom stereocenters. The topological polar surface area (TPSA) is 116 Å². The number of hydrogen-bond acceptors (Lipinski definition) is 6. The highest BCUT2D eigenvalue weighted by atomic mass is 19.4. The first kappa shape index (κ1) is 36.6. The van der Waals surface area contributed by atoms with Crippen LogP contribution in [-0.4, -0.2) is 60.6 Å². The number of carbonyl (C=O) groups is 3. The van der Waals surface area contributed by atoms with Gasteiger partial charge in [0.1, 0.15) is 11.8 Å². The predicted molar refractivity (Wildman–Crippen MR) is 190 cm³/mol. The molecule has 10 nitrogen and oxygen atoms in total. The van der Waals surface area contributed by atoms with Crippen molar-refractivity contribution in [1.82, 2.24) is 15.5 Å². The van der Waals surface area contributed by atoms with Gasteiger partial charge in [0, 0.05) is 36.3 Å². The molecule has 2 aliphatic rings. The van der Waals surface area contributed by atoms with Crippen molar-refractivity contribution >= 4 is 29.2 Å². The number of urea groups is 1. The van der Waals surface area contributed by atoms with Crippen LogP contribution in [0.15, 0.2) is 89.5 Å². The number of nitrogens with zero attached hydrogens (tertiary/aromatic N) is 2. The van der Waals surface area contributed by atoms with Crippen LogP contribution in [0.2, 0.25) is 0 Å². The Labute approximate surface area is 300 Å². The molecule has 3 aromatic carbocycles. The van der Waals surface area contributed by atoms with Crippen LogP contribution in [-0.2, 0) is 40.0 Å². The largest absolute Gasteiger partial charge is 0.468 e. The molecule has 3 N–H and O–H groups in total. The van der Waals surface area contributed by atoms with Gasteiger partial charge >= 0.3 is 12.2 Å². The van der Waals surface area contributed by atoms with E-state index >= 15 is 0 Å². The zero-order chi connectivity index (χ0) is 36.9. The highest BCUT2D eigenvalue weighted by Gasteiger charge is 2.36. The average molecular weight is 718 g/mol. The summed E-state index contributed by atoms with van der Waals surface area (Å²) in [5.41, 5.74) is 2.31. The molecule has 4 aromatic rings. The van der Waals surface area contributed by atoms with Crippen LogP contribution < -0.4 is 20.9 Å². The Morgan fingerprint density at radius 3 is 2.40 bits per heavy atom. The highest BCUT2D eigenvalue weighted by Crippen LogP contribution is 2.36. The average Bonchev–Trinajstić information content (AvgIpc) is 3.62. The number of para-hydroxylation sites is 1. The molecule has 4 amide bonds.